The van der Waals surface area contributed by atoms with E-state index in [4.69, 9.17) is 10.7 Å². The molecule has 3 N–H and O–H groups in total. The maximum absolute atomic E-state index is 5.72. The lowest BCUT2D eigenvalue weighted by Crippen LogP contribution is -2.14. The van der Waals surface area contributed by atoms with E-state index in [1.807, 2.05) is 6.07 Å². The van der Waals surface area contributed by atoms with Gasteiger partial charge < -0.3 is 11.1 Å². The number of nitrogens with zero attached hydrogens (tertiary/aromatic N) is 4. The number of hydrogen-bond acceptors (Lipinski definition) is 7. The predicted octanol–water partition coefficient (Wildman–Crippen LogP) is 4.10. The van der Waals surface area contributed by atoms with Crippen LogP contribution in [0.25, 0.3) is 10.2 Å². The molecule has 0 aliphatic heterocycles. The second-order valence-electron chi connectivity index (χ2n) is 6.38. The van der Waals surface area contributed by atoms with Crippen molar-refractivity contribution in [3.63, 3.8) is 0 Å². The number of rotatable bonds is 3. The van der Waals surface area contributed by atoms with E-state index < -0.39 is 0 Å². The first-order chi connectivity index (χ1) is 11.7. The highest BCUT2D eigenvalue weighted by Gasteiger charge is 2.26. The summed E-state index contributed by atoms with van der Waals surface area (Å²) in [5.74, 6) is 3.12. The Labute approximate surface area is 144 Å². The molecule has 3 heterocycles. The van der Waals surface area contributed by atoms with E-state index in [2.05, 4.69) is 27.2 Å². The van der Waals surface area contributed by atoms with E-state index in [1.165, 1.54) is 37.0 Å². The number of nitrogens with one attached hydrogen (secondary N) is 1. The van der Waals surface area contributed by atoms with Crippen molar-refractivity contribution in [2.24, 2.45) is 5.92 Å². The molecule has 0 radical (unpaired) electrons. The molecule has 2 atom stereocenters. The number of aromatic nitrogens is 4. The van der Waals surface area contributed by atoms with Gasteiger partial charge in [-0.15, -0.1) is 11.3 Å². The van der Waals surface area contributed by atoms with Gasteiger partial charge in [-0.1, -0.05) is 26.2 Å². The molecule has 1 aliphatic rings. The third-order valence-electron chi connectivity index (χ3n) is 4.68. The average molecular weight is 340 g/mol. The molecule has 124 valence electrons. The molecule has 0 bridgehead atoms. The zero-order chi connectivity index (χ0) is 16.5. The number of anilines is 3. The fraction of sp³-hybridized carbons (Fsp3) is 0.412. The summed E-state index contributed by atoms with van der Waals surface area (Å²) in [7, 11) is 0. The van der Waals surface area contributed by atoms with Gasteiger partial charge in [0.1, 0.15) is 18.0 Å². The molecule has 0 aromatic carbocycles. The van der Waals surface area contributed by atoms with Crippen LogP contribution in [-0.2, 0) is 0 Å². The van der Waals surface area contributed by atoms with Crippen LogP contribution in [0.4, 0.5) is 17.5 Å². The lowest BCUT2D eigenvalue weighted by Gasteiger charge is -2.26. The van der Waals surface area contributed by atoms with Crippen LogP contribution in [0, 0.1) is 5.92 Å². The lowest BCUT2D eigenvalue weighted by atomic mass is 9.81. The van der Waals surface area contributed by atoms with Gasteiger partial charge >= 0.3 is 0 Å². The Balaban J connectivity index is 1.69. The van der Waals surface area contributed by atoms with Gasteiger partial charge in [-0.25, -0.2) is 19.9 Å². The molecule has 0 saturated heterocycles. The minimum Gasteiger partial charge on any atom is -0.384 e. The number of fused-ring (bicyclic) bond motifs is 1. The van der Waals surface area contributed by atoms with E-state index in [9.17, 15) is 0 Å². The van der Waals surface area contributed by atoms with E-state index in [0.717, 1.165) is 16.0 Å². The highest BCUT2D eigenvalue weighted by molar-refractivity contribution is 7.19. The molecule has 3 aromatic rings. The van der Waals surface area contributed by atoms with Crippen LogP contribution in [0.1, 0.15) is 43.5 Å². The quantitative estimate of drug-likeness (QED) is 0.746. The van der Waals surface area contributed by atoms with Crippen LogP contribution >= 0.6 is 11.3 Å². The summed E-state index contributed by atoms with van der Waals surface area (Å²) < 4.78 is 1.07. The van der Waals surface area contributed by atoms with Gasteiger partial charge in [0, 0.05) is 18.2 Å². The molecule has 2 unspecified atom stereocenters. The summed E-state index contributed by atoms with van der Waals surface area (Å²) in [6, 6.07) is 3.67. The Morgan fingerprint density at radius 2 is 2.08 bits per heavy atom. The molecular weight excluding hydrogens is 320 g/mol. The Morgan fingerprint density at radius 1 is 1.21 bits per heavy atom. The predicted molar refractivity (Wildman–Crippen MR) is 97.5 cm³/mol. The second kappa shape index (κ2) is 6.32. The largest absolute Gasteiger partial charge is 0.384 e. The Kier molecular flexibility index (Phi) is 4.02. The molecule has 1 saturated carbocycles. The van der Waals surface area contributed by atoms with E-state index in [1.54, 1.807) is 23.6 Å². The molecule has 1 aliphatic carbocycles. The highest BCUT2D eigenvalue weighted by atomic mass is 32.1. The lowest BCUT2D eigenvalue weighted by molar-refractivity contribution is 0.330. The first kappa shape index (κ1) is 15.3. The smallest absolute Gasteiger partial charge is 0.151 e. The second-order valence-corrected chi connectivity index (χ2v) is 7.41. The number of hydrogen-bond donors (Lipinski definition) is 2. The third kappa shape index (κ3) is 2.91. The SMILES string of the molecule is CC1CCCCC1c1nc2ccnc(Nc3cc(N)ncn3)c2s1. The fourth-order valence-electron chi connectivity index (χ4n) is 3.37. The highest BCUT2D eigenvalue weighted by Crippen LogP contribution is 2.41. The standard InChI is InChI=1S/C17H20N6S/c1-10-4-2-3-5-11(10)17-22-12-6-7-19-16(15(12)24-17)23-14-8-13(18)20-9-21-14/h6-11H,2-5H2,1H3,(H3,18,19,20,21,23). The zero-order valence-electron chi connectivity index (χ0n) is 13.6. The summed E-state index contributed by atoms with van der Waals surface area (Å²) in [4.78, 5) is 17.5. The van der Waals surface area contributed by atoms with E-state index >= 15 is 0 Å². The number of pyridine rings is 1. The minimum absolute atomic E-state index is 0.431. The molecular formula is C17H20N6S. The van der Waals surface area contributed by atoms with Gasteiger partial charge in [0.05, 0.1) is 15.2 Å². The van der Waals surface area contributed by atoms with Crippen LogP contribution < -0.4 is 11.1 Å². The molecule has 1 fully saturated rings. The minimum atomic E-state index is 0.431. The summed E-state index contributed by atoms with van der Waals surface area (Å²) >= 11 is 1.75. The summed E-state index contributed by atoms with van der Waals surface area (Å²) in [5, 5.41) is 4.48. The fourth-order valence-corrected chi connectivity index (χ4v) is 4.64. The van der Waals surface area contributed by atoms with E-state index in [-0.39, 0.29) is 0 Å². The van der Waals surface area contributed by atoms with Crippen LogP contribution in [0.15, 0.2) is 24.7 Å². The summed E-state index contributed by atoms with van der Waals surface area (Å²) in [6.45, 7) is 2.34. The first-order valence-electron chi connectivity index (χ1n) is 8.30. The molecule has 4 rings (SSSR count). The Morgan fingerprint density at radius 3 is 2.92 bits per heavy atom. The zero-order valence-corrected chi connectivity index (χ0v) is 14.4. The molecule has 0 amide bonds. The molecule has 6 nitrogen and oxygen atoms in total. The first-order valence-corrected chi connectivity index (χ1v) is 9.12. The maximum Gasteiger partial charge on any atom is 0.151 e. The monoisotopic (exact) mass is 340 g/mol. The summed E-state index contributed by atoms with van der Waals surface area (Å²) in [5.41, 5.74) is 6.71. The van der Waals surface area contributed by atoms with Gasteiger partial charge in [0.25, 0.3) is 0 Å². The molecule has 7 heteroatoms. The Hall–Kier alpha value is -2.28. The van der Waals surface area contributed by atoms with Crippen molar-refractivity contribution in [1.82, 2.24) is 19.9 Å². The van der Waals surface area contributed by atoms with Crippen molar-refractivity contribution >= 4 is 39.0 Å². The van der Waals surface area contributed by atoms with Gasteiger partial charge in [0.15, 0.2) is 5.82 Å². The maximum atomic E-state index is 5.72. The van der Waals surface area contributed by atoms with Crippen molar-refractivity contribution in [3.8, 4) is 0 Å². The van der Waals surface area contributed by atoms with Crippen molar-refractivity contribution in [2.75, 3.05) is 11.1 Å². The molecule has 24 heavy (non-hydrogen) atoms. The van der Waals surface area contributed by atoms with Crippen molar-refractivity contribution in [2.45, 2.75) is 38.5 Å². The van der Waals surface area contributed by atoms with Gasteiger partial charge in [-0.2, -0.15) is 0 Å². The third-order valence-corrected chi connectivity index (χ3v) is 5.89. The normalized spacial score (nSPS) is 21.0. The van der Waals surface area contributed by atoms with Crippen molar-refractivity contribution < 1.29 is 0 Å². The van der Waals surface area contributed by atoms with Crippen LogP contribution in [-0.4, -0.2) is 19.9 Å². The van der Waals surface area contributed by atoms with Gasteiger partial charge in [-0.05, 0) is 18.4 Å². The van der Waals surface area contributed by atoms with Crippen LogP contribution in [0.2, 0.25) is 0 Å². The average Bonchev–Trinajstić information content (AvgIpc) is 3.00. The Bertz CT molecular complexity index is 861. The van der Waals surface area contributed by atoms with Crippen LogP contribution in [0.3, 0.4) is 0 Å². The van der Waals surface area contributed by atoms with Crippen molar-refractivity contribution in [3.05, 3.63) is 29.7 Å². The van der Waals surface area contributed by atoms with Crippen LogP contribution in [0.5, 0.6) is 0 Å². The summed E-state index contributed by atoms with van der Waals surface area (Å²) in [6.07, 6.45) is 8.40. The van der Waals surface area contributed by atoms with E-state index in [0.29, 0.717) is 23.5 Å². The number of nitrogens with two attached hydrogens (primary N) is 1. The molecule has 3 aromatic heterocycles. The van der Waals surface area contributed by atoms with Gasteiger partial charge in [-0.3, -0.25) is 0 Å². The molecule has 0 spiro atoms. The van der Waals surface area contributed by atoms with Gasteiger partial charge in [0.2, 0.25) is 0 Å². The number of thiazole rings is 1. The number of nitrogen functional groups attached to an aromatic ring is 1. The van der Waals surface area contributed by atoms with Crippen molar-refractivity contribution in [1.29, 1.82) is 0 Å². The topological polar surface area (TPSA) is 89.6 Å².